The first kappa shape index (κ1) is 13.6. The van der Waals surface area contributed by atoms with Crippen molar-refractivity contribution in [3.05, 3.63) is 34.6 Å². The lowest BCUT2D eigenvalue weighted by molar-refractivity contribution is -0.136. The minimum Gasteiger partial charge on any atom is -0.497 e. The van der Waals surface area contributed by atoms with Crippen molar-refractivity contribution in [1.82, 2.24) is 9.97 Å². The standard InChI is InChI=1S/C13H13BrN2O3/c1-19-9-4-2-8(3-5-9)13-15-10(12(14)16-13)6-7-11(17)18/h2-5H,6-7H2,1H3,(H,15,16)(H,17,18). The molecule has 0 amide bonds. The van der Waals surface area contributed by atoms with Crippen molar-refractivity contribution in [2.75, 3.05) is 7.11 Å². The molecule has 0 saturated heterocycles. The maximum atomic E-state index is 10.6. The Labute approximate surface area is 118 Å². The van der Waals surface area contributed by atoms with E-state index in [0.29, 0.717) is 16.8 Å². The van der Waals surface area contributed by atoms with Gasteiger partial charge in [-0.05, 0) is 40.2 Å². The number of carbonyl (C=O) groups is 1. The van der Waals surface area contributed by atoms with Gasteiger partial charge in [0, 0.05) is 12.0 Å². The number of aliphatic carboxylic acids is 1. The van der Waals surface area contributed by atoms with E-state index in [1.807, 2.05) is 24.3 Å². The van der Waals surface area contributed by atoms with Crippen LogP contribution >= 0.6 is 15.9 Å². The minimum atomic E-state index is -0.826. The summed E-state index contributed by atoms with van der Waals surface area (Å²) in [5, 5.41) is 8.68. The molecule has 0 saturated carbocycles. The predicted octanol–water partition coefficient (Wildman–Crippen LogP) is 2.87. The number of carboxylic acid groups (broad SMARTS) is 1. The van der Waals surface area contributed by atoms with Crippen LogP contribution in [0.2, 0.25) is 0 Å². The van der Waals surface area contributed by atoms with Gasteiger partial charge in [0.05, 0.1) is 19.2 Å². The molecule has 5 nitrogen and oxygen atoms in total. The van der Waals surface area contributed by atoms with Crippen molar-refractivity contribution in [3.8, 4) is 17.1 Å². The molecule has 0 fully saturated rings. The lowest BCUT2D eigenvalue weighted by Gasteiger charge is -2.00. The number of carboxylic acids is 1. The van der Waals surface area contributed by atoms with Gasteiger partial charge in [-0.25, -0.2) is 4.98 Å². The first-order chi connectivity index (χ1) is 9.10. The summed E-state index contributed by atoms with van der Waals surface area (Å²) >= 11 is 3.33. The van der Waals surface area contributed by atoms with Gasteiger partial charge in [-0.1, -0.05) is 0 Å². The van der Waals surface area contributed by atoms with Crippen molar-refractivity contribution in [1.29, 1.82) is 0 Å². The van der Waals surface area contributed by atoms with Gasteiger partial charge in [0.15, 0.2) is 0 Å². The summed E-state index contributed by atoms with van der Waals surface area (Å²) in [6.45, 7) is 0. The van der Waals surface area contributed by atoms with Crippen LogP contribution in [-0.4, -0.2) is 28.2 Å². The van der Waals surface area contributed by atoms with Crippen LogP contribution in [-0.2, 0) is 11.2 Å². The van der Waals surface area contributed by atoms with Crippen LogP contribution in [0.4, 0.5) is 0 Å². The third-order valence-corrected chi connectivity index (χ3v) is 3.34. The van der Waals surface area contributed by atoms with Crippen molar-refractivity contribution in [2.24, 2.45) is 0 Å². The molecule has 0 aliphatic rings. The topological polar surface area (TPSA) is 75.2 Å². The smallest absolute Gasteiger partial charge is 0.303 e. The molecule has 0 aliphatic carbocycles. The highest BCUT2D eigenvalue weighted by Crippen LogP contribution is 2.24. The Kier molecular flexibility index (Phi) is 4.21. The Morgan fingerprint density at radius 1 is 1.42 bits per heavy atom. The molecule has 1 aromatic carbocycles. The normalized spacial score (nSPS) is 10.4. The van der Waals surface area contributed by atoms with Gasteiger partial charge in [0.25, 0.3) is 0 Å². The van der Waals surface area contributed by atoms with E-state index in [2.05, 4.69) is 25.9 Å². The summed E-state index contributed by atoms with van der Waals surface area (Å²) in [7, 11) is 1.61. The Morgan fingerprint density at radius 2 is 2.11 bits per heavy atom. The summed E-state index contributed by atoms with van der Waals surface area (Å²) in [5.41, 5.74) is 1.70. The number of aromatic amines is 1. The molecule has 1 aromatic heterocycles. The van der Waals surface area contributed by atoms with Gasteiger partial charge in [0.1, 0.15) is 16.2 Å². The maximum absolute atomic E-state index is 10.6. The molecule has 0 aliphatic heterocycles. The maximum Gasteiger partial charge on any atom is 0.303 e. The number of nitrogens with zero attached hydrogens (tertiary/aromatic N) is 1. The minimum absolute atomic E-state index is 0.0723. The molecule has 0 radical (unpaired) electrons. The Morgan fingerprint density at radius 3 is 2.68 bits per heavy atom. The second kappa shape index (κ2) is 5.88. The number of nitrogens with one attached hydrogen (secondary N) is 1. The quantitative estimate of drug-likeness (QED) is 0.886. The van der Waals surface area contributed by atoms with E-state index in [1.165, 1.54) is 0 Å². The van der Waals surface area contributed by atoms with Crippen LogP contribution in [0.5, 0.6) is 5.75 Å². The number of hydrogen-bond acceptors (Lipinski definition) is 3. The third-order valence-electron chi connectivity index (χ3n) is 2.68. The highest BCUT2D eigenvalue weighted by atomic mass is 79.9. The Hall–Kier alpha value is -1.82. The lowest BCUT2D eigenvalue weighted by atomic mass is 10.2. The molecule has 0 unspecified atom stereocenters. The molecular weight excluding hydrogens is 312 g/mol. The monoisotopic (exact) mass is 324 g/mol. The number of ether oxygens (including phenoxy) is 1. The number of H-pyrrole nitrogens is 1. The molecule has 2 rings (SSSR count). The summed E-state index contributed by atoms with van der Waals surface area (Å²) in [6.07, 6.45) is 0.488. The Bertz CT molecular complexity index is 578. The van der Waals surface area contributed by atoms with E-state index < -0.39 is 5.97 Å². The van der Waals surface area contributed by atoms with Crippen LogP contribution in [0.1, 0.15) is 12.1 Å². The first-order valence-electron chi connectivity index (χ1n) is 5.70. The molecule has 6 heteroatoms. The number of hydrogen-bond donors (Lipinski definition) is 2. The molecule has 0 atom stereocenters. The van der Waals surface area contributed by atoms with Crippen molar-refractivity contribution >= 4 is 21.9 Å². The highest BCUT2D eigenvalue weighted by Gasteiger charge is 2.10. The molecule has 0 spiro atoms. The predicted molar refractivity (Wildman–Crippen MR) is 74.2 cm³/mol. The van der Waals surface area contributed by atoms with E-state index >= 15 is 0 Å². The van der Waals surface area contributed by atoms with Gasteiger partial charge < -0.3 is 14.8 Å². The van der Waals surface area contributed by atoms with Gasteiger partial charge in [-0.3, -0.25) is 4.79 Å². The van der Waals surface area contributed by atoms with Crippen molar-refractivity contribution < 1.29 is 14.6 Å². The van der Waals surface area contributed by atoms with E-state index in [-0.39, 0.29) is 6.42 Å². The van der Waals surface area contributed by atoms with Crippen LogP contribution in [0.15, 0.2) is 28.9 Å². The second-order valence-corrected chi connectivity index (χ2v) is 4.73. The summed E-state index contributed by atoms with van der Waals surface area (Å²) in [6, 6.07) is 7.49. The van der Waals surface area contributed by atoms with E-state index in [9.17, 15) is 4.79 Å². The average molecular weight is 325 g/mol. The molecule has 0 bridgehead atoms. The number of aromatic nitrogens is 2. The van der Waals surface area contributed by atoms with E-state index in [0.717, 1.165) is 17.0 Å². The zero-order valence-corrected chi connectivity index (χ0v) is 11.9. The van der Waals surface area contributed by atoms with Crippen LogP contribution in [0, 0.1) is 0 Å². The van der Waals surface area contributed by atoms with Gasteiger partial charge in [-0.2, -0.15) is 0 Å². The first-order valence-corrected chi connectivity index (χ1v) is 6.50. The molecule has 2 N–H and O–H groups in total. The zero-order valence-electron chi connectivity index (χ0n) is 10.3. The fourth-order valence-electron chi connectivity index (χ4n) is 1.67. The van der Waals surface area contributed by atoms with E-state index in [1.54, 1.807) is 7.11 Å². The summed E-state index contributed by atoms with van der Waals surface area (Å²) in [5.74, 6) is 0.655. The number of methoxy groups -OCH3 is 1. The van der Waals surface area contributed by atoms with Gasteiger partial charge in [0.2, 0.25) is 0 Å². The fourth-order valence-corrected chi connectivity index (χ4v) is 2.15. The largest absolute Gasteiger partial charge is 0.497 e. The van der Waals surface area contributed by atoms with E-state index in [4.69, 9.17) is 9.84 Å². The van der Waals surface area contributed by atoms with Crippen LogP contribution < -0.4 is 4.74 Å². The molecule has 1 heterocycles. The molecule has 19 heavy (non-hydrogen) atoms. The van der Waals surface area contributed by atoms with Crippen molar-refractivity contribution in [3.63, 3.8) is 0 Å². The second-order valence-electron chi connectivity index (χ2n) is 3.98. The number of halogens is 1. The third kappa shape index (κ3) is 3.35. The van der Waals surface area contributed by atoms with Crippen LogP contribution in [0.3, 0.4) is 0 Å². The number of imidazole rings is 1. The molecule has 2 aromatic rings. The Balaban J connectivity index is 2.20. The summed E-state index contributed by atoms with van der Waals surface area (Å²) in [4.78, 5) is 18.0. The number of rotatable bonds is 5. The highest BCUT2D eigenvalue weighted by molar-refractivity contribution is 9.10. The average Bonchev–Trinajstić information content (AvgIpc) is 2.78. The van der Waals surface area contributed by atoms with Gasteiger partial charge >= 0.3 is 5.97 Å². The SMILES string of the molecule is COc1ccc(-c2nc(Br)c(CCC(=O)O)[nH]2)cc1. The number of aryl methyl sites for hydroxylation is 1. The van der Waals surface area contributed by atoms with Crippen molar-refractivity contribution in [2.45, 2.75) is 12.8 Å². The molecular formula is C13H13BrN2O3. The fraction of sp³-hybridized carbons (Fsp3) is 0.231. The summed E-state index contributed by atoms with van der Waals surface area (Å²) < 4.78 is 5.75. The lowest BCUT2D eigenvalue weighted by Crippen LogP contribution is -1.98. The zero-order chi connectivity index (χ0) is 13.8. The van der Waals surface area contributed by atoms with Gasteiger partial charge in [-0.15, -0.1) is 0 Å². The molecule has 100 valence electrons. The number of benzene rings is 1. The van der Waals surface area contributed by atoms with Crippen LogP contribution in [0.25, 0.3) is 11.4 Å².